The highest BCUT2D eigenvalue weighted by molar-refractivity contribution is 6.55. The van der Waals surface area contributed by atoms with Gasteiger partial charge in [0.25, 0.3) is 0 Å². The normalized spacial score (nSPS) is 24.7. The van der Waals surface area contributed by atoms with Crippen LogP contribution in [0.25, 0.3) is 0 Å². The third-order valence-corrected chi connectivity index (χ3v) is 3.83. The van der Waals surface area contributed by atoms with Gasteiger partial charge in [0.05, 0.1) is 5.92 Å². The van der Waals surface area contributed by atoms with Gasteiger partial charge in [-0.25, -0.2) is 4.39 Å². The van der Waals surface area contributed by atoms with Gasteiger partial charge < -0.3 is 9.84 Å². The number of allylic oxidation sites excluding steroid dienone is 1. The van der Waals surface area contributed by atoms with Gasteiger partial charge in [-0.3, -0.25) is 4.79 Å². The minimum atomic E-state index is -1.38. The van der Waals surface area contributed by atoms with E-state index in [0.717, 1.165) is 6.08 Å². The highest BCUT2D eigenvalue weighted by Gasteiger charge is 2.62. The molecule has 3 nitrogen and oxygen atoms in total. The zero-order valence-electron chi connectivity index (χ0n) is 11.8. The van der Waals surface area contributed by atoms with Crippen LogP contribution in [0.15, 0.2) is 22.5 Å². The van der Waals surface area contributed by atoms with Crippen LogP contribution < -0.4 is 0 Å². The van der Waals surface area contributed by atoms with E-state index in [9.17, 15) is 9.18 Å². The van der Waals surface area contributed by atoms with E-state index in [1.807, 2.05) is 13.8 Å². The van der Waals surface area contributed by atoms with Gasteiger partial charge in [0, 0.05) is 6.61 Å². The number of hydrogen-bond donors (Lipinski definition) is 1. The maximum Gasteiger partial charge on any atom is 0.311 e. The first-order valence-electron chi connectivity index (χ1n) is 6.41. The molecule has 3 atom stereocenters. The Hall–Kier alpha value is -1.02. The second kappa shape index (κ2) is 7.31. The second-order valence-corrected chi connectivity index (χ2v) is 6.37. The summed E-state index contributed by atoms with van der Waals surface area (Å²) in [7, 11) is 0. The van der Waals surface area contributed by atoms with Crippen molar-refractivity contribution in [3.8, 4) is 12.3 Å². The van der Waals surface area contributed by atoms with Gasteiger partial charge in [0.15, 0.2) is 0 Å². The number of rotatable bonds is 6. The van der Waals surface area contributed by atoms with Crippen molar-refractivity contribution in [2.24, 2.45) is 17.3 Å². The van der Waals surface area contributed by atoms with Gasteiger partial charge >= 0.3 is 5.97 Å². The summed E-state index contributed by atoms with van der Waals surface area (Å²) in [5.74, 6) is 0.0824. The van der Waals surface area contributed by atoms with Crippen LogP contribution in [0.4, 0.5) is 4.39 Å². The van der Waals surface area contributed by atoms with Crippen LogP contribution in [-0.4, -0.2) is 23.8 Å². The molecule has 1 N–H and O–H groups in total. The predicted molar refractivity (Wildman–Crippen MR) is 80.2 cm³/mol. The molecular weight excluding hydrogens is 318 g/mol. The van der Waals surface area contributed by atoms with E-state index in [-0.39, 0.29) is 28.9 Å². The molecule has 0 radical (unpaired) electrons. The lowest BCUT2D eigenvalue weighted by Gasteiger charge is -2.11. The third kappa shape index (κ3) is 4.47. The molecule has 3 unspecified atom stereocenters. The van der Waals surface area contributed by atoms with Gasteiger partial charge in [-0.2, -0.15) is 0 Å². The topological polar surface area (TPSA) is 46.5 Å². The number of hydrogen-bond acceptors (Lipinski definition) is 3. The summed E-state index contributed by atoms with van der Waals surface area (Å²) in [6, 6.07) is 0. The van der Waals surface area contributed by atoms with Crippen LogP contribution >= 0.6 is 23.2 Å². The molecule has 0 aromatic heterocycles. The SMILES string of the molecule is C#CC(OC(=O)C1C(C=C(Cl)Cl)C1(C)C)C(F)=CCCO. The summed E-state index contributed by atoms with van der Waals surface area (Å²) in [5, 5.41) is 8.63. The predicted octanol–water partition coefficient (Wildman–Crippen LogP) is 3.36. The van der Waals surface area contributed by atoms with Gasteiger partial charge in [-0.05, 0) is 29.9 Å². The summed E-state index contributed by atoms with van der Waals surface area (Å²) in [6.45, 7) is 3.51. The lowest BCUT2D eigenvalue weighted by molar-refractivity contribution is -0.148. The van der Waals surface area contributed by atoms with Crippen molar-refractivity contribution in [1.29, 1.82) is 0 Å². The average molecular weight is 335 g/mol. The maximum atomic E-state index is 13.7. The van der Waals surface area contributed by atoms with Gasteiger partial charge in [0.1, 0.15) is 10.3 Å². The highest BCUT2D eigenvalue weighted by Crippen LogP contribution is 2.60. The Morgan fingerprint density at radius 1 is 1.57 bits per heavy atom. The molecule has 1 aliphatic rings. The number of terminal acetylenes is 1. The van der Waals surface area contributed by atoms with Crippen LogP contribution in [-0.2, 0) is 9.53 Å². The number of ether oxygens (including phenoxy) is 1. The molecule has 1 saturated carbocycles. The Kier molecular flexibility index (Phi) is 6.27. The summed E-state index contributed by atoms with van der Waals surface area (Å²) >= 11 is 11.2. The quantitative estimate of drug-likeness (QED) is 0.598. The number of halogens is 3. The van der Waals surface area contributed by atoms with Gasteiger partial charge in [0.2, 0.25) is 6.10 Å². The Labute approximate surface area is 133 Å². The maximum absolute atomic E-state index is 13.7. The third-order valence-electron chi connectivity index (χ3n) is 3.57. The number of esters is 1. The van der Waals surface area contributed by atoms with Gasteiger partial charge in [-0.15, -0.1) is 6.42 Å². The molecule has 21 heavy (non-hydrogen) atoms. The first kappa shape index (κ1) is 18.0. The molecule has 0 aromatic carbocycles. The van der Waals surface area contributed by atoms with Crippen LogP contribution in [0.3, 0.4) is 0 Å². The van der Waals surface area contributed by atoms with E-state index in [1.54, 1.807) is 6.08 Å². The largest absolute Gasteiger partial charge is 0.441 e. The number of carbonyl (C=O) groups is 1. The zero-order chi connectivity index (χ0) is 16.2. The van der Waals surface area contributed by atoms with E-state index < -0.39 is 23.8 Å². The second-order valence-electron chi connectivity index (χ2n) is 5.37. The first-order chi connectivity index (χ1) is 9.75. The molecule has 0 amide bonds. The van der Waals surface area contributed by atoms with E-state index in [0.29, 0.717) is 0 Å². The lowest BCUT2D eigenvalue weighted by Crippen LogP contribution is -2.20. The summed E-state index contributed by atoms with van der Waals surface area (Å²) in [4.78, 5) is 12.1. The molecule has 1 rings (SSSR count). The Morgan fingerprint density at radius 2 is 2.19 bits per heavy atom. The summed E-state index contributed by atoms with van der Waals surface area (Å²) in [6.07, 6.45) is 6.56. The van der Waals surface area contributed by atoms with Crippen molar-refractivity contribution in [2.75, 3.05) is 6.61 Å². The lowest BCUT2D eigenvalue weighted by atomic mass is 10.1. The van der Waals surface area contributed by atoms with E-state index in [4.69, 9.17) is 39.5 Å². The van der Waals surface area contributed by atoms with Gasteiger partial charge in [-0.1, -0.05) is 43.0 Å². The smallest absolute Gasteiger partial charge is 0.311 e. The number of aliphatic hydroxyl groups excluding tert-OH is 1. The van der Waals surface area contributed by atoms with Crippen molar-refractivity contribution < 1.29 is 19.0 Å². The van der Waals surface area contributed by atoms with E-state index in [2.05, 4.69) is 5.92 Å². The fourth-order valence-electron chi connectivity index (χ4n) is 2.24. The molecular formula is C15H17Cl2FO3. The highest BCUT2D eigenvalue weighted by atomic mass is 35.5. The first-order valence-corrected chi connectivity index (χ1v) is 7.17. The van der Waals surface area contributed by atoms with Crippen LogP contribution in [0.2, 0.25) is 0 Å². The molecule has 1 fully saturated rings. The Balaban J connectivity index is 2.73. The molecule has 6 heteroatoms. The molecule has 0 aromatic rings. The molecule has 0 aliphatic heterocycles. The minimum absolute atomic E-state index is 0.0749. The fraction of sp³-hybridized carbons (Fsp3) is 0.533. The number of aliphatic hydroxyl groups is 1. The van der Waals surface area contributed by atoms with Crippen molar-refractivity contribution in [1.82, 2.24) is 0 Å². The Bertz CT molecular complexity index is 502. The summed E-state index contributed by atoms with van der Waals surface area (Å²) < 4.78 is 18.8. The van der Waals surface area contributed by atoms with Crippen molar-refractivity contribution in [2.45, 2.75) is 26.4 Å². The molecule has 0 heterocycles. The molecule has 116 valence electrons. The number of carbonyl (C=O) groups excluding carboxylic acids is 1. The minimum Gasteiger partial charge on any atom is -0.441 e. The van der Waals surface area contributed by atoms with E-state index in [1.165, 1.54) is 0 Å². The van der Waals surface area contributed by atoms with Crippen LogP contribution in [0.5, 0.6) is 0 Å². The van der Waals surface area contributed by atoms with E-state index >= 15 is 0 Å². The monoisotopic (exact) mass is 334 g/mol. The molecule has 0 saturated heterocycles. The molecule has 0 bridgehead atoms. The Morgan fingerprint density at radius 3 is 2.67 bits per heavy atom. The van der Waals surface area contributed by atoms with Crippen LogP contribution in [0, 0.1) is 29.6 Å². The molecule has 1 aliphatic carbocycles. The summed E-state index contributed by atoms with van der Waals surface area (Å²) in [5.41, 5.74) is -0.365. The standard InChI is InChI=1S/C15H17Cl2FO3/c1-4-11(10(18)6-5-7-19)21-14(20)13-9(8-12(16)17)15(13,2)3/h1,6,8-9,11,13,19H,5,7H2,2-3H3. The molecule has 0 spiro atoms. The zero-order valence-corrected chi connectivity index (χ0v) is 13.3. The van der Waals surface area contributed by atoms with Crippen molar-refractivity contribution in [3.05, 3.63) is 22.5 Å². The van der Waals surface area contributed by atoms with Crippen molar-refractivity contribution >= 4 is 29.2 Å². The fourth-order valence-corrected chi connectivity index (χ4v) is 2.51. The van der Waals surface area contributed by atoms with Crippen molar-refractivity contribution in [3.63, 3.8) is 0 Å². The van der Waals surface area contributed by atoms with Crippen LogP contribution in [0.1, 0.15) is 20.3 Å². The average Bonchev–Trinajstić information content (AvgIpc) is 2.93.